The zero-order valence-corrected chi connectivity index (χ0v) is 19.8. The number of aliphatic imine (C=N–C) groups is 1. The number of aromatic nitrogens is 1. The molecular formula is C21H22Cl2N4O3S. The quantitative estimate of drug-likeness (QED) is 0.375. The summed E-state index contributed by atoms with van der Waals surface area (Å²) < 4.78 is 17.9. The number of hydrogen-bond donors (Lipinski definition) is 2. The first kappa shape index (κ1) is 23.0. The topological polar surface area (TPSA) is 80.9 Å². The zero-order valence-electron chi connectivity index (χ0n) is 17.5. The molecule has 0 radical (unpaired) electrons. The van der Waals surface area contributed by atoms with Crippen molar-refractivity contribution in [2.24, 2.45) is 4.99 Å². The number of aryl methyl sites for hydroxylation is 1. The van der Waals surface area contributed by atoms with Crippen molar-refractivity contribution in [2.45, 2.75) is 13.5 Å². The van der Waals surface area contributed by atoms with E-state index in [4.69, 9.17) is 47.8 Å². The highest BCUT2D eigenvalue weighted by atomic mass is 35.5. The van der Waals surface area contributed by atoms with Crippen LogP contribution in [0.2, 0.25) is 10.0 Å². The van der Waals surface area contributed by atoms with E-state index >= 15 is 0 Å². The van der Waals surface area contributed by atoms with Gasteiger partial charge in [-0.2, -0.15) is 0 Å². The first-order valence-electron chi connectivity index (χ1n) is 9.16. The van der Waals surface area contributed by atoms with Crippen LogP contribution in [0.1, 0.15) is 10.4 Å². The molecule has 0 bridgehead atoms. The standard InChI is InChI=1S/C21H22Cl2N4O3S/c1-12-7-19(24)27(31-12)21(26-14-5-6-15(22)16(23)10-14)25-11-13-8-17(28-2)20(30-4)18(9-13)29-3/h5-10,24H,11H2,1-4H3,(H,25,26). The van der Waals surface area contributed by atoms with Crippen molar-refractivity contribution in [3.8, 4) is 17.2 Å². The minimum absolute atomic E-state index is 0.309. The molecule has 2 N–H and O–H groups in total. The molecule has 164 valence electrons. The van der Waals surface area contributed by atoms with Crippen molar-refractivity contribution < 1.29 is 14.2 Å². The maximum absolute atomic E-state index is 8.28. The summed E-state index contributed by atoms with van der Waals surface area (Å²) in [5.74, 6) is 2.09. The van der Waals surface area contributed by atoms with Gasteiger partial charge < -0.3 is 19.5 Å². The van der Waals surface area contributed by atoms with Gasteiger partial charge in [0.1, 0.15) is 5.49 Å². The monoisotopic (exact) mass is 480 g/mol. The Morgan fingerprint density at radius 2 is 1.71 bits per heavy atom. The summed E-state index contributed by atoms with van der Waals surface area (Å²) in [4.78, 5) is 5.71. The number of halogens is 2. The number of hydrogen-bond acceptors (Lipinski definition) is 6. The molecule has 0 fully saturated rings. The van der Waals surface area contributed by atoms with Crippen LogP contribution in [-0.2, 0) is 6.54 Å². The molecule has 3 rings (SSSR count). The van der Waals surface area contributed by atoms with Gasteiger partial charge in [0, 0.05) is 10.6 Å². The summed E-state index contributed by atoms with van der Waals surface area (Å²) in [5.41, 5.74) is 1.87. The summed E-state index contributed by atoms with van der Waals surface area (Å²) in [5, 5.41) is 12.4. The Bertz CT molecular complexity index is 1150. The lowest BCUT2D eigenvalue weighted by Crippen LogP contribution is -2.28. The van der Waals surface area contributed by atoms with Crippen molar-refractivity contribution in [3.05, 3.63) is 62.4 Å². The van der Waals surface area contributed by atoms with E-state index in [2.05, 4.69) is 5.32 Å². The fourth-order valence-corrected chi connectivity index (χ4v) is 3.97. The zero-order chi connectivity index (χ0) is 22.5. The third-order valence-electron chi connectivity index (χ3n) is 4.30. The van der Waals surface area contributed by atoms with E-state index in [0.717, 1.165) is 10.4 Å². The highest BCUT2D eigenvalue weighted by Crippen LogP contribution is 2.38. The smallest absolute Gasteiger partial charge is 0.218 e. The van der Waals surface area contributed by atoms with Gasteiger partial charge in [-0.15, -0.1) is 0 Å². The van der Waals surface area contributed by atoms with Gasteiger partial charge in [-0.25, -0.2) is 8.95 Å². The van der Waals surface area contributed by atoms with Crippen LogP contribution in [0.4, 0.5) is 5.69 Å². The summed E-state index contributed by atoms with van der Waals surface area (Å²) >= 11 is 13.6. The second-order valence-electron chi connectivity index (χ2n) is 6.45. The fraction of sp³-hybridized carbons (Fsp3) is 0.238. The minimum atomic E-state index is 0.309. The Balaban J connectivity index is 2.00. The summed E-state index contributed by atoms with van der Waals surface area (Å²) in [7, 11) is 4.69. The van der Waals surface area contributed by atoms with Crippen molar-refractivity contribution in [2.75, 3.05) is 26.6 Å². The average Bonchev–Trinajstić information content (AvgIpc) is 3.10. The molecule has 0 atom stereocenters. The number of anilines is 1. The van der Waals surface area contributed by atoms with Crippen LogP contribution < -0.4 is 25.0 Å². The largest absolute Gasteiger partial charge is 0.493 e. The summed E-state index contributed by atoms with van der Waals surface area (Å²) in [6.07, 6.45) is 0. The first-order chi connectivity index (χ1) is 14.9. The third kappa shape index (κ3) is 5.33. The molecule has 0 saturated carbocycles. The second-order valence-corrected chi connectivity index (χ2v) is 8.46. The molecular weight excluding hydrogens is 459 g/mol. The molecule has 2 aromatic carbocycles. The lowest BCUT2D eigenvalue weighted by atomic mass is 10.2. The van der Waals surface area contributed by atoms with Gasteiger partial charge in [-0.3, -0.25) is 5.41 Å². The number of benzene rings is 2. The molecule has 3 aromatic rings. The van der Waals surface area contributed by atoms with Crippen molar-refractivity contribution in [3.63, 3.8) is 0 Å². The molecule has 1 aromatic heterocycles. The molecule has 0 aliphatic carbocycles. The lowest BCUT2D eigenvalue weighted by molar-refractivity contribution is 0.324. The summed E-state index contributed by atoms with van der Waals surface area (Å²) in [6.45, 7) is 2.25. The second kappa shape index (κ2) is 10.1. The van der Waals surface area contributed by atoms with E-state index in [0.29, 0.717) is 51.0 Å². The Hall–Kier alpha value is -2.68. The van der Waals surface area contributed by atoms with Crippen molar-refractivity contribution in [1.29, 1.82) is 5.41 Å². The highest BCUT2D eigenvalue weighted by molar-refractivity contribution is 7.07. The van der Waals surface area contributed by atoms with Gasteiger partial charge in [-0.05, 0) is 48.9 Å². The fourth-order valence-electron chi connectivity index (χ4n) is 2.88. The number of ether oxygens (including phenoxy) is 3. The number of nitrogens with zero attached hydrogens (tertiary/aromatic N) is 2. The van der Waals surface area contributed by atoms with Crippen LogP contribution in [0.5, 0.6) is 17.2 Å². The Labute approximate surface area is 194 Å². The van der Waals surface area contributed by atoms with Gasteiger partial charge in [0.05, 0.1) is 37.9 Å². The molecule has 31 heavy (non-hydrogen) atoms. The van der Waals surface area contributed by atoms with Crippen LogP contribution in [-0.4, -0.2) is 31.2 Å². The molecule has 0 amide bonds. The number of rotatable bonds is 6. The minimum Gasteiger partial charge on any atom is -0.493 e. The maximum atomic E-state index is 8.28. The van der Waals surface area contributed by atoms with Gasteiger partial charge in [0.25, 0.3) is 0 Å². The van der Waals surface area contributed by atoms with E-state index in [1.54, 1.807) is 49.6 Å². The van der Waals surface area contributed by atoms with E-state index < -0.39 is 0 Å². The third-order valence-corrected chi connectivity index (χ3v) is 6.00. The average molecular weight is 481 g/mol. The first-order valence-corrected chi connectivity index (χ1v) is 10.7. The van der Waals surface area contributed by atoms with Crippen molar-refractivity contribution >= 4 is 46.4 Å². The lowest BCUT2D eigenvalue weighted by Gasteiger charge is -2.14. The normalized spacial score (nSPS) is 11.4. The van der Waals surface area contributed by atoms with Crippen LogP contribution in [0.25, 0.3) is 0 Å². The van der Waals surface area contributed by atoms with Crippen LogP contribution in [0, 0.1) is 12.3 Å². The molecule has 0 aliphatic rings. The van der Waals surface area contributed by atoms with Gasteiger partial charge in [-0.1, -0.05) is 34.7 Å². The van der Waals surface area contributed by atoms with Crippen molar-refractivity contribution in [1.82, 2.24) is 3.96 Å². The SMILES string of the molecule is COc1cc(CN=C(Nc2ccc(Cl)c(Cl)c2)n2sc(C)cc2=N)cc(OC)c1OC. The Morgan fingerprint density at radius 1 is 1.03 bits per heavy atom. The van der Waals surface area contributed by atoms with Crippen LogP contribution in [0.15, 0.2) is 41.4 Å². The van der Waals surface area contributed by atoms with Gasteiger partial charge in [0.2, 0.25) is 11.7 Å². The van der Waals surface area contributed by atoms with Gasteiger partial charge in [0.15, 0.2) is 11.5 Å². The van der Waals surface area contributed by atoms with Gasteiger partial charge >= 0.3 is 0 Å². The molecule has 0 saturated heterocycles. The molecule has 7 nitrogen and oxygen atoms in total. The summed E-state index contributed by atoms with van der Waals surface area (Å²) in [6, 6.07) is 10.7. The molecule has 0 aliphatic heterocycles. The Morgan fingerprint density at radius 3 is 2.23 bits per heavy atom. The molecule has 10 heteroatoms. The molecule has 0 unspecified atom stereocenters. The predicted octanol–water partition coefficient (Wildman–Crippen LogP) is 5.19. The van der Waals surface area contributed by atoms with E-state index in [-0.39, 0.29) is 0 Å². The van der Waals surface area contributed by atoms with E-state index in [9.17, 15) is 0 Å². The van der Waals surface area contributed by atoms with E-state index in [1.165, 1.54) is 11.5 Å². The van der Waals surface area contributed by atoms with E-state index in [1.807, 2.05) is 19.1 Å². The molecule has 0 spiro atoms. The van der Waals surface area contributed by atoms with Crippen LogP contribution in [0.3, 0.4) is 0 Å². The van der Waals surface area contributed by atoms with Crippen LogP contribution >= 0.6 is 34.7 Å². The maximum Gasteiger partial charge on any atom is 0.218 e. The Kier molecular flexibility index (Phi) is 7.48. The number of nitrogens with one attached hydrogen (secondary N) is 2. The predicted molar refractivity (Wildman–Crippen MR) is 126 cm³/mol. The molecule has 1 heterocycles. The highest BCUT2D eigenvalue weighted by Gasteiger charge is 2.14. The number of methoxy groups -OCH3 is 3.